The minimum absolute atomic E-state index is 0.239. The smallest absolute Gasteiger partial charge is 0.119 e. The molecule has 1 saturated heterocycles. The summed E-state index contributed by atoms with van der Waals surface area (Å²) in [6.07, 6.45) is 1.45. The molecule has 1 aliphatic rings. The van der Waals surface area contributed by atoms with Crippen LogP contribution >= 0.6 is 0 Å². The Balaban J connectivity index is 2.15. The standard InChI is InChI=1S/C15H23NO/c1-10(2)17-14-7-5-6-13(9-14)15-8-11(3)16-12(15)4/h5-7,9-12,15-16H,8H2,1-4H3. The van der Waals surface area contributed by atoms with Gasteiger partial charge in [0, 0.05) is 18.0 Å². The summed E-state index contributed by atoms with van der Waals surface area (Å²) in [6, 6.07) is 9.72. The Morgan fingerprint density at radius 1 is 1.29 bits per heavy atom. The average Bonchev–Trinajstić information content (AvgIpc) is 2.57. The molecule has 2 nitrogen and oxygen atoms in total. The van der Waals surface area contributed by atoms with Crippen molar-refractivity contribution in [2.75, 3.05) is 0 Å². The van der Waals surface area contributed by atoms with Crippen molar-refractivity contribution in [2.45, 2.75) is 58.2 Å². The van der Waals surface area contributed by atoms with Crippen LogP contribution in [0.3, 0.4) is 0 Å². The summed E-state index contributed by atoms with van der Waals surface area (Å²) in [5, 5.41) is 3.58. The molecule has 0 aromatic heterocycles. The first-order valence-electron chi connectivity index (χ1n) is 6.59. The van der Waals surface area contributed by atoms with Gasteiger partial charge >= 0.3 is 0 Å². The van der Waals surface area contributed by atoms with Crippen molar-refractivity contribution in [2.24, 2.45) is 0 Å². The van der Waals surface area contributed by atoms with Gasteiger partial charge in [-0.15, -0.1) is 0 Å². The van der Waals surface area contributed by atoms with E-state index in [0.29, 0.717) is 18.0 Å². The van der Waals surface area contributed by atoms with Crippen molar-refractivity contribution in [3.8, 4) is 5.75 Å². The lowest BCUT2D eigenvalue weighted by Crippen LogP contribution is -2.26. The van der Waals surface area contributed by atoms with Crippen LogP contribution in [0.15, 0.2) is 24.3 Å². The zero-order valence-electron chi connectivity index (χ0n) is 11.2. The molecule has 0 saturated carbocycles. The first kappa shape index (κ1) is 12.4. The Morgan fingerprint density at radius 2 is 2.06 bits per heavy atom. The van der Waals surface area contributed by atoms with E-state index < -0.39 is 0 Å². The summed E-state index contributed by atoms with van der Waals surface area (Å²) in [5.41, 5.74) is 1.40. The number of benzene rings is 1. The maximum Gasteiger partial charge on any atom is 0.119 e. The van der Waals surface area contributed by atoms with Crippen LogP contribution in [-0.4, -0.2) is 18.2 Å². The predicted octanol–water partition coefficient (Wildman–Crippen LogP) is 3.33. The molecule has 0 radical (unpaired) electrons. The highest BCUT2D eigenvalue weighted by Gasteiger charge is 2.29. The molecule has 0 spiro atoms. The van der Waals surface area contributed by atoms with Gasteiger partial charge in [-0.05, 0) is 51.8 Å². The molecule has 1 fully saturated rings. The van der Waals surface area contributed by atoms with Crippen LogP contribution < -0.4 is 10.1 Å². The van der Waals surface area contributed by atoms with Crippen LogP contribution in [-0.2, 0) is 0 Å². The van der Waals surface area contributed by atoms with Crippen LogP contribution in [0.1, 0.15) is 45.6 Å². The minimum Gasteiger partial charge on any atom is -0.491 e. The normalized spacial score (nSPS) is 28.6. The minimum atomic E-state index is 0.239. The van der Waals surface area contributed by atoms with E-state index in [1.807, 2.05) is 6.07 Å². The number of hydrogen-bond donors (Lipinski definition) is 1. The van der Waals surface area contributed by atoms with E-state index in [2.05, 4.69) is 51.2 Å². The number of hydrogen-bond acceptors (Lipinski definition) is 2. The molecule has 3 atom stereocenters. The third-order valence-electron chi connectivity index (χ3n) is 3.42. The predicted molar refractivity (Wildman–Crippen MR) is 71.6 cm³/mol. The molecule has 0 aliphatic carbocycles. The topological polar surface area (TPSA) is 21.3 Å². The van der Waals surface area contributed by atoms with E-state index in [1.54, 1.807) is 0 Å². The Bertz CT molecular complexity index is 375. The summed E-state index contributed by atoms with van der Waals surface area (Å²) < 4.78 is 5.76. The van der Waals surface area contributed by atoms with Gasteiger partial charge in [-0.3, -0.25) is 0 Å². The average molecular weight is 233 g/mol. The second kappa shape index (κ2) is 5.09. The second-order valence-electron chi connectivity index (χ2n) is 5.44. The van der Waals surface area contributed by atoms with Gasteiger partial charge in [-0.1, -0.05) is 12.1 Å². The van der Waals surface area contributed by atoms with Crippen molar-refractivity contribution in [1.29, 1.82) is 0 Å². The van der Waals surface area contributed by atoms with Crippen LogP contribution in [0.4, 0.5) is 0 Å². The molecule has 1 aliphatic heterocycles. The highest BCUT2D eigenvalue weighted by Crippen LogP contribution is 2.32. The van der Waals surface area contributed by atoms with Crippen LogP contribution in [0.25, 0.3) is 0 Å². The third-order valence-corrected chi connectivity index (χ3v) is 3.42. The molecule has 3 unspecified atom stereocenters. The van der Waals surface area contributed by atoms with Crippen LogP contribution in [0.5, 0.6) is 5.75 Å². The SMILES string of the molecule is CC1CC(c2cccc(OC(C)C)c2)C(C)N1. The van der Waals surface area contributed by atoms with Gasteiger partial charge in [-0.2, -0.15) is 0 Å². The highest BCUT2D eigenvalue weighted by molar-refractivity contribution is 5.32. The van der Waals surface area contributed by atoms with Crippen molar-refractivity contribution >= 4 is 0 Å². The fraction of sp³-hybridized carbons (Fsp3) is 0.600. The van der Waals surface area contributed by atoms with Crippen molar-refractivity contribution in [1.82, 2.24) is 5.32 Å². The molecule has 1 heterocycles. The Labute approximate surface area is 104 Å². The molecule has 94 valence electrons. The summed E-state index contributed by atoms with van der Waals surface area (Å²) in [4.78, 5) is 0. The molecule has 0 bridgehead atoms. The first-order valence-corrected chi connectivity index (χ1v) is 6.59. The zero-order chi connectivity index (χ0) is 12.4. The van der Waals surface area contributed by atoms with Gasteiger partial charge in [0.25, 0.3) is 0 Å². The van der Waals surface area contributed by atoms with E-state index in [0.717, 1.165) is 5.75 Å². The number of ether oxygens (including phenoxy) is 1. The molecule has 1 aromatic carbocycles. The Morgan fingerprint density at radius 3 is 2.65 bits per heavy atom. The molecule has 1 aromatic rings. The molecular weight excluding hydrogens is 210 g/mol. The molecule has 0 amide bonds. The lowest BCUT2D eigenvalue weighted by atomic mass is 9.92. The van der Waals surface area contributed by atoms with E-state index in [-0.39, 0.29) is 6.10 Å². The van der Waals surface area contributed by atoms with Gasteiger partial charge in [-0.25, -0.2) is 0 Å². The van der Waals surface area contributed by atoms with Gasteiger partial charge in [0.1, 0.15) is 5.75 Å². The van der Waals surface area contributed by atoms with Gasteiger partial charge < -0.3 is 10.1 Å². The highest BCUT2D eigenvalue weighted by atomic mass is 16.5. The Kier molecular flexibility index (Phi) is 3.72. The van der Waals surface area contributed by atoms with E-state index in [4.69, 9.17) is 4.74 Å². The quantitative estimate of drug-likeness (QED) is 0.864. The summed E-state index contributed by atoms with van der Waals surface area (Å²) in [5.74, 6) is 1.60. The summed E-state index contributed by atoms with van der Waals surface area (Å²) >= 11 is 0. The fourth-order valence-electron chi connectivity index (χ4n) is 2.73. The molecule has 17 heavy (non-hydrogen) atoms. The van der Waals surface area contributed by atoms with Gasteiger partial charge in [0.2, 0.25) is 0 Å². The fourth-order valence-corrected chi connectivity index (χ4v) is 2.73. The number of rotatable bonds is 3. The van der Waals surface area contributed by atoms with Crippen LogP contribution in [0.2, 0.25) is 0 Å². The van der Waals surface area contributed by atoms with Crippen molar-refractivity contribution in [3.05, 3.63) is 29.8 Å². The second-order valence-corrected chi connectivity index (χ2v) is 5.44. The third kappa shape index (κ3) is 3.01. The van der Waals surface area contributed by atoms with Gasteiger partial charge in [0.05, 0.1) is 6.10 Å². The molecular formula is C15H23NO. The van der Waals surface area contributed by atoms with Gasteiger partial charge in [0.15, 0.2) is 0 Å². The van der Waals surface area contributed by atoms with E-state index in [1.165, 1.54) is 12.0 Å². The molecule has 2 rings (SSSR count). The Hall–Kier alpha value is -1.02. The summed E-state index contributed by atoms with van der Waals surface area (Å²) in [6.45, 7) is 8.65. The van der Waals surface area contributed by atoms with Crippen LogP contribution in [0, 0.1) is 0 Å². The van der Waals surface area contributed by atoms with Crippen molar-refractivity contribution in [3.63, 3.8) is 0 Å². The number of nitrogens with one attached hydrogen (secondary N) is 1. The lowest BCUT2D eigenvalue weighted by molar-refractivity contribution is 0.242. The summed E-state index contributed by atoms with van der Waals surface area (Å²) in [7, 11) is 0. The molecule has 2 heteroatoms. The van der Waals surface area contributed by atoms with E-state index >= 15 is 0 Å². The maximum atomic E-state index is 5.76. The maximum absolute atomic E-state index is 5.76. The van der Waals surface area contributed by atoms with Crippen molar-refractivity contribution < 1.29 is 4.74 Å². The monoisotopic (exact) mass is 233 g/mol. The van der Waals surface area contributed by atoms with E-state index in [9.17, 15) is 0 Å². The lowest BCUT2D eigenvalue weighted by Gasteiger charge is -2.17. The molecule has 1 N–H and O–H groups in total. The zero-order valence-corrected chi connectivity index (χ0v) is 11.2. The first-order chi connectivity index (χ1) is 8.06. The largest absolute Gasteiger partial charge is 0.491 e.